The Morgan fingerprint density at radius 3 is 1.44 bits per heavy atom. The number of rotatable bonds is 5. The molecule has 0 spiro atoms. The first kappa shape index (κ1) is 27.9. The first-order chi connectivity index (χ1) is 23.7. The third-order valence-corrected chi connectivity index (χ3v) is 9.49. The van der Waals surface area contributed by atoms with Crippen LogP contribution in [0.25, 0.3) is 56.1 Å². The quantitative estimate of drug-likeness (QED) is 0.196. The number of nitrogens with zero attached hydrogens (tertiary/aromatic N) is 3. The molecule has 48 heavy (non-hydrogen) atoms. The van der Waals surface area contributed by atoms with Gasteiger partial charge >= 0.3 is 0 Å². The Labute approximate surface area is 279 Å². The van der Waals surface area contributed by atoms with Crippen molar-refractivity contribution in [2.75, 3.05) is 5.73 Å². The number of nitrogens with two attached hydrogens (primary N) is 1. The number of hydrogen-bond acceptors (Lipinski definition) is 4. The molecule has 0 saturated carbocycles. The van der Waals surface area contributed by atoms with E-state index in [0.29, 0.717) is 17.5 Å². The molecular weight excluding hydrogens is 585 g/mol. The van der Waals surface area contributed by atoms with Crippen molar-refractivity contribution >= 4 is 16.5 Å². The van der Waals surface area contributed by atoms with Gasteiger partial charge in [-0.25, -0.2) is 15.0 Å². The van der Waals surface area contributed by atoms with Crippen molar-refractivity contribution in [2.45, 2.75) is 5.41 Å². The maximum atomic E-state index is 6.32. The van der Waals surface area contributed by atoms with Gasteiger partial charge in [0.2, 0.25) is 0 Å². The number of aromatic nitrogens is 3. The molecule has 0 unspecified atom stereocenters. The Balaban J connectivity index is 1.35. The van der Waals surface area contributed by atoms with Crippen LogP contribution in [-0.2, 0) is 5.41 Å². The number of hydrogen-bond donors (Lipinski definition) is 1. The summed E-state index contributed by atoms with van der Waals surface area (Å²) in [5, 5.41) is 2.28. The second-order valence-corrected chi connectivity index (χ2v) is 12.3. The molecule has 4 heteroatoms. The van der Waals surface area contributed by atoms with E-state index in [2.05, 4.69) is 103 Å². The average Bonchev–Trinajstić information content (AvgIpc) is 3.44. The molecule has 0 aliphatic heterocycles. The van der Waals surface area contributed by atoms with Gasteiger partial charge in [0.1, 0.15) is 0 Å². The molecule has 226 valence electrons. The Kier molecular flexibility index (Phi) is 6.47. The molecule has 8 aromatic rings. The minimum Gasteiger partial charge on any atom is -0.399 e. The molecule has 0 bridgehead atoms. The molecule has 0 amide bonds. The van der Waals surface area contributed by atoms with Crippen molar-refractivity contribution in [3.63, 3.8) is 0 Å². The van der Waals surface area contributed by atoms with Gasteiger partial charge in [0.25, 0.3) is 0 Å². The van der Waals surface area contributed by atoms with Gasteiger partial charge < -0.3 is 5.73 Å². The lowest BCUT2D eigenvalue weighted by Crippen LogP contribution is -2.28. The van der Waals surface area contributed by atoms with Crippen LogP contribution in [0.15, 0.2) is 170 Å². The molecular formula is C44H30N4. The normalized spacial score (nSPS) is 12.8. The van der Waals surface area contributed by atoms with Crippen LogP contribution in [0.2, 0.25) is 0 Å². The molecule has 1 aliphatic carbocycles. The topological polar surface area (TPSA) is 64.7 Å². The van der Waals surface area contributed by atoms with E-state index >= 15 is 0 Å². The van der Waals surface area contributed by atoms with Crippen molar-refractivity contribution in [1.29, 1.82) is 0 Å². The van der Waals surface area contributed by atoms with Crippen molar-refractivity contribution in [3.8, 4) is 45.3 Å². The Morgan fingerprint density at radius 2 is 0.875 bits per heavy atom. The van der Waals surface area contributed by atoms with E-state index < -0.39 is 5.41 Å². The monoisotopic (exact) mass is 614 g/mol. The maximum absolute atomic E-state index is 6.32. The van der Waals surface area contributed by atoms with Gasteiger partial charge in [0, 0.05) is 22.4 Å². The van der Waals surface area contributed by atoms with Crippen LogP contribution in [0.5, 0.6) is 0 Å². The van der Waals surface area contributed by atoms with Gasteiger partial charge in [-0.15, -0.1) is 0 Å². The van der Waals surface area contributed by atoms with Crippen molar-refractivity contribution in [1.82, 2.24) is 15.0 Å². The molecule has 0 saturated heterocycles. The van der Waals surface area contributed by atoms with E-state index in [1.165, 1.54) is 33.4 Å². The van der Waals surface area contributed by atoms with Gasteiger partial charge in [-0.05, 0) is 74.5 Å². The Morgan fingerprint density at radius 1 is 0.375 bits per heavy atom. The first-order valence-electron chi connectivity index (χ1n) is 16.2. The lowest BCUT2D eigenvalue weighted by molar-refractivity contribution is 0.769. The highest BCUT2D eigenvalue weighted by atomic mass is 15.0. The fourth-order valence-electron chi connectivity index (χ4n) is 7.33. The van der Waals surface area contributed by atoms with Gasteiger partial charge in [-0.3, -0.25) is 0 Å². The van der Waals surface area contributed by atoms with Gasteiger partial charge in [0.15, 0.2) is 17.5 Å². The second-order valence-electron chi connectivity index (χ2n) is 12.3. The zero-order valence-corrected chi connectivity index (χ0v) is 26.1. The summed E-state index contributed by atoms with van der Waals surface area (Å²) in [5.41, 5.74) is 16.5. The molecule has 1 aliphatic rings. The summed E-state index contributed by atoms with van der Waals surface area (Å²) in [6.45, 7) is 0. The smallest absolute Gasteiger partial charge is 0.164 e. The number of anilines is 1. The molecule has 4 nitrogen and oxygen atoms in total. The van der Waals surface area contributed by atoms with Crippen molar-refractivity contribution in [3.05, 3.63) is 192 Å². The van der Waals surface area contributed by atoms with Gasteiger partial charge in [-0.2, -0.15) is 0 Å². The molecule has 1 aromatic heterocycles. The van der Waals surface area contributed by atoms with Crippen LogP contribution in [0, 0.1) is 0 Å². The number of fused-ring (bicyclic) bond motifs is 4. The van der Waals surface area contributed by atoms with Gasteiger partial charge in [-0.1, -0.05) is 140 Å². The van der Waals surface area contributed by atoms with E-state index in [1.807, 2.05) is 66.7 Å². The van der Waals surface area contributed by atoms with Crippen molar-refractivity contribution in [2.24, 2.45) is 0 Å². The Hall–Kier alpha value is -6.39. The molecule has 0 radical (unpaired) electrons. The third kappa shape index (κ3) is 4.42. The summed E-state index contributed by atoms with van der Waals surface area (Å²) in [6.07, 6.45) is 0. The number of nitrogen functional groups attached to an aromatic ring is 1. The standard InChI is InChI=1S/C44H30N4/c45-36-23-21-31-26-38-37-24-22-32(43-47-41(29-13-5-1-6-14-29)46-42(48-43)30-15-7-2-8-16-30)27-39(37)44(34-17-9-3-10-18-34,35-19-11-4-12-20-35)40(38)28-33(31)25-36/h1-28H,45H2. The highest BCUT2D eigenvalue weighted by Crippen LogP contribution is 2.57. The van der Waals surface area contributed by atoms with Gasteiger partial charge in [0.05, 0.1) is 5.41 Å². The summed E-state index contributed by atoms with van der Waals surface area (Å²) < 4.78 is 0. The zero-order chi connectivity index (χ0) is 32.1. The lowest BCUT2D eigenvalue weighted by Gasteiger charge is -2.34. The van der Waals surface area contributed by atoms with Crippen molar-refractivity contribution < 1.29 is 0 Å². The summed E-state index contributed by atoms with van der Waals surface area (Å²) in [4.78, 5) is 15.1. The fourth-order valence-corrected chi connectivity index (χ4v) is 7.33. The third-order valence-electron chi connectivity index (χ3n) is 9.49. The maximum Gasteiger partial charge on any atom is 0.164 e. The second kappa shape index (κ2) is 11.1. The zero-order valence-electron chi connectivity index (χ0n) is 26.1. The fraction of sp³-hybridized carbons (Fsp3) is 0.0227. The SMILES string of the molecule is Nc1ccc2cc3c(cc2c1)C(c1ccccc1)(c1ccccc1)c1cc(-c2nc(-c4ccccc4)nc(-c4ccccc4)n2)ccc1-3. The lowest BCUT2D eigenvalue weighted by atomic mass is 9.67. The molecule has 0 atom stereocenters. The summed E-state index contributed by atoms with van der Waals surface area (Å²) >= 11 is 0. The van der Waals surface area contributed by atoms with E-state index in [0.717, 1.165) is 33.2 Å². The average molecular weight is 615 g/mol. The van der Waals surface area contributed by atoms with E-state index in [4.69, 9.17) is 20.7 Å². The summed E-state index contributed by atoms with van der Waals surface area (Å²) in [7, 11) is 0. The predicted octanol–water partition coefficient (Wildman–Crippen LogP) is 9.97. The Bertz CT molecular complexity index is 2340. The highest BCUT2D eigenvalue weighted by molar-refractivity contribution is 5.97. The minimum absolute atomic E-state index is 0.584. The van der Waals surface area contributed by atoms with Crippen LogP contribution < -0.4 is 5.73 Å². The molecule has 1 heterocycles. The predicted molar refractivity (Wildman–Crippen MR) is 195 cm³/mol. The largest absolute Gasteiger partial charge is 0.399 e. The molecule has 7 aromatic carbocycles. The molecule has 0 fully saturated rings. The van der Waals surface area contributed by atoms with Crippen LogP contribution in [0.4, 0.5) is 5.69 Å². The summed E-state index contributed by atoms with van der Waals surface area (Å²) in [5.74, 6) is 1.92. The minimum atomic E-state index is -0.584. The van der Waals surface area contributed by atoms with E-state index in [-0.39, 0.29) is 0 Å². The van der Waals surface area contributed by atoms with E-state index in [1.54, 1.807) is 0 Å². The molecule has 9 rings (SSSR count). The first-order valence-corrected chi connectivity index (χ1v) is 16.2. The highest BCUT2D eigenvalue weighted by Gasteiger charge is 2.46. The van der Waals surface area contributed by atoms with E-state index in [9.17, 15) is 0 Å². The summed E-state index contributed by atoms with van der Waals surface area (Å²) in [6, 6.07) is 59.4. The van der Waals surface area contributed by atoms with Crippen LogP contribution in [-0.4, -0.2) is 15.0 Å². The van der Waals surface area contributed by atoms with Crippen LogP contribution >= 0.6 is 0 Å². The molecule has 2 N–H and O–H groups in total. The van der Waals surface area contributed by atoms with Crippen LogP contribution in [0.1, 0.15) is 22.3 Å². The number of benzene rings is 7. The van der Waals surface area contributed by atoms with Crippen LogP contribution in [0.3, 0.4) is 0 Å².